The topological polar surface area (TPSA) is 67.5 Å². The summed E-state index contributed by atoms with van der Waals surface area (Å²) in [4.78, 5) is 23.1. The van der Waals surface area contributed by atoms with E-state index in [4.69, 9.17) is 0 Å². The van der Waals surface area contributed by atoms with Gasteiger partial charge in [0.25, 0.3) is 0 Å². The molecular weight excluding hydrogens is 253 g/mol. The molecule has 1 aromatic heterocycles. The second-order valence-corrected chi connectivity index (χ2v) is 4.26. The van der Waals surface area contributed by atoms with E-state index in [0.29, 0.717) is 0 Å². The Bertz CT molecular complexity index is 558. The lowest BCUT2D eigenvalue weighted by molar-refractivity contribution is -0.149. The van der Waals surface area contributed by atoms with Gasteiger partial charge in [-0.05, 0) is 13.3 Å². The molecule has 0 radical (unpaired) electrons. The van der Waals surface area contributed by atoms with E-state index in [1.165, 1.54) is 6.92 Å². The van der Waals surface area contributed by atoms with Crippen LogP contribution in [0.4, 0.5) is 13.2 Å². The molecule has 18 heavy (non-hydrogen) atoms. The van der Waals surface area contributed by atoms with Gasteiger partial charge in [-0.25, -0.2) is 4.79 Å². The van der Waals surface area contributed by atoms with Crippen molar-refractivity contribution in [1.29, 1.82) is 0 Å². The fourth-order valence-electron chi connectivity index (χ4n) is 1.85. The molecule has 1 aliphatic carbocycles. The van der Waals surface area contributed by atoms with Gasteiger partial charge in [0.05, 0.1) is 5.92 Å². The predicted octanol–water partition coefficient (Wildman–Crippen LogP) is 2.03. The number of rotatable bonds is 2. The van der Waals surface area contributed by atoms with Crippen molar-refractivity contribution in [2.24, 2.45) is 11.8 Å². The normalized spacial score (nSPS) is 22.9. The smallest absolute Gasteiger partial charge is 0.392 e. The van der Waals surface area contributed by atoms with Crippen LogP contribution in [0.5, 0.6) is 5.75 Å². The molecule has 7 heteroatoms. The summed E-state index contributed by atoms with van der Waals surface area (Å²) >= 11 is 0. The van der Waals surface area contributed by atoms with Gasteiger partial charge >= 0.3 is 11.8 Å². The van der Waals surface area contributed by atoms with Crippen LogP contribution in [0.1, 0.15) is 22.5 Å². The van der Waals surface area contributed by atoms with Crippen LogP contribution in [0.25, 0.3) is 0 Å². The van der Waals surface area contributed by atoms with Gasteiger partial charge in [0.2, 0.25) is 0 Å². The Morgan fingerprint density at radius 1 is 1.50 bits per heavy atom. The maximum Gasteiger partial charge on any atom is 0.392 e. The third-order valence-electron chi connectivity index (χ3n) is 2.85. The van der Waals surface area contributed by atoms with Crippen molar-refractivity contribution in [2.45, 2.75) is 19.5 Å². The van der Waals surface area contributed by atoms with Crippen LogP contribution in [0.15, 0.2) is 15.3 Å². The Morgan fingerprint density at radius 2 is 2.11 bits per heavy atom. The molecule has 4 nitrogen and oxygen atoms in total. The van der Waals surface area contributed by atoms with Gasteiger partial charge in [-0.15, -0.1) is 0 Å². The molecule has 0 bridgehead atoms. The molecule has 2 unspecified atom stereocenters. The summed E-state index contributed by atoms with van der Waals surface area (Å²) in [7, 11) is 0. The third-order valence-corrected chi connectivity index (χ3v) is 2.85. The van der Waals surface area contributed by atoms with E-state index >= 15 is 0 Å². The summed E-state index contributed by atoms with van der Waals surface area (Å²) in [5.41, 5.74) is -1.80. The SMILES string of the molecule is Cc1cc(O)c(C(=O)C2CC2C(F)(F)F)c(=O)o1. The first-order valence-corrected chi connectivity index (χ1v) is 5.16. The first kappa shape index (κ1) is 12.7. The first-order valence-electron chi connectivity index (χ1n) is 5.16. The van der Waals surface area contributed by atoms with Crippen LogP contribution >= 0.6 is 0 Å². The summed E-state index contributed by atoms with van der Waals surface area (Å²) in [5, 5.41) is 9.45. The lowest BCUT2D eigenvalue weighted by atomic mass is 10.1. The Kier molecular flexibility index (Phi) is 2.71. The molecule has 0 amide bonds. The van der Waals surface area contributed by atoms with E-state index in [9.17, 15) is 27.9 Å². The number of halogens is 3. The van der Waals surface area contributed by atoms with Crippen molar-refractivity contribution in [1.82, 2.24) is 0 Å². The van der Waals surface area contributed by atoms with E-state index in [1.54, 1.807) is 0 Å². The third kappa shape index (κ3) is 2.12. The minimum absolute atomic E-state index is 0.0808. The number of alkyl halides is 3. The number of carbonyl (C=O) groups excluding carboxylic acids is 1. The molecule has 1 aromatic rings. The summed E-state index contributed by atoms with van der Waals surface area (Å²) < 4.78 is 41.5. The quantitative estimate of drug-likeness (QED) is 0.828. The van der Waals surface area contributed by atoms with Crippen LogP contribution in [-0.2, 0) is 0 Å². The molecule has 2 atom stereocenters. The molecule has 0 aliphatic heterocycles. The monoisotopic (exact) mass is 262 g/mol. The van der Waals surface area contributed by atoms with Gasteiger partial charge in [-0.1, -0.05) is 0 Å². The molecule has 1 aliphatic rings. The first-order chi connectivity index (χ1) is 8.21. The van der Waals surface area contributed by atoms with Crippen molar-refractivity contribution in [2.75, 3.05) is 0 Å². The lowest BCUT2D eigenvalue weighted by Gasteiger charge is -2.05. The number of aromatic hydroxyl groups is 1. The molecule has 98 valence electrons. The Labute approximate surface area is 99.0 Å². The van der Waals surface area contributed by atoms with E-state index in [2.05, 4.69) is 4.42 Å². The maximum atomic E-state index is 12.3. The van der Waals surface area contributed by atoms with E-state index in [1.807, 2.05) is 0 Å². The predicted molar refractivity (Wildman–Crippen MR) is 53.4 cm³/mol. The Hall–Kier alpha value is -1.79. The van der Waals surface area contributed by atoms with Crippen LogP contribution in [-0.4, -0.2) is 17.1 Å². The van der Waals surface area contributed by atoms with Crippen molar-refractivity contribution < 1.29 is 27.5 Å². The molecule has 0 spiro atoms. The van der Waals surface area contributed by atoms with Gasteiger partial charge in [0, 0.05) is 12.0 Å². The van der Waals surface area contributed by atoms with Crippen LogP contribution in [0.3, 0.4) is 0 Å². The average Bonchev–Trinajstić information content (AvgIpc) is 2.93. The van der Waals surface area contributed by atoms with Crippen LogP contribution in [0.2, 0.25) is 0 Å². The van der Waals surface area contributed by atoms with Crippen LogP contribution < -0.4 is 5.63 Å². The number of hydrogen-bond donors (Lipinski definition) is 1. The minimum atomic E-state index is -4.46. The highest BCUT2D eigenvalue weighted by atomic mass is 19.4. The Balaban J connectivity index is 2.30. The summed E-state index contributed by atoms with van der Waals surface area (Å²) in [6.45, 7) is 1.38. The second-order valence-electron chi connectivity index (χ2n) is 4.26. The van der Waals surface area contributed by atoms with E-state index in [-0.39, 0.29) is 12.2 Å². The standard InChI is InChI=1S/C11H9F3O4/c1-4-2-7(15)8(10(17)18-4)9(16)5-3-6(5)11(12,13)14/h2,5-6,15H,3H2,1H3. The molecule has 2 rings (SSSR count). The zero-order valence-electron chi connectivity index (χ0n) is 9.25. The van der Waals surface area contributed by atoms with E-state index < -0.39 is 40.7 Å². The molecule has 1 heterocycles. The highest BCUT2D eigenvalue weighted by Gasteiger charge is 2.59. The van der Waals surface area contributed by atoms with Crippen molar-refractivity contribution >= 4 is 5.78 Å². The summed E-state index contributed by atoms with van der Waals surface area (Å²) in [6.07, 6.45) is -4.81. The maximum absolute atomic E-state index is 12.3. The van der Waals surface area contributed by atoms with Gasteiger partial charge in [0.1, 0.15) is 17.1 Å². The van der Waals surface area contributed by atoms with Gasteiger partial charge in [-0.2, -0.15) is 13.2 Å². The molecule has 1 saturated carbocycles. The summed E-state index contributed by atoms with van der Waals surface area (Å²) in [5.74, 6) is -4.59. The van der Waals surface area contributed by atoms with E-state index in [0.717, 1.165) is 6.07 Å². The minimum Gasteiger partial charge on any atom is -0.507 e. The van der Waals surface area contributed by atoms with Gasteiger partial charge in [0.15, 0.2) is 5.78 Å². The number of ketones is 1. The number of hydrogen-bond acceptors (Lipinski definition) is 4. The highest BCUT2D eigenvalue weighted by Crippen LogP contribution is 2.51. The fourth-order valence-corrected chi connectivity index (χ4v) is 1.85. The Morgan fingerprint density at radius 3 is 2.56 bits per heavy atom. The largest absolute Gasteiger partial charge is 0.507 e. The summed E-state index contributed by atoms with van der Waals surface area (Å²) in [6, 6.07) is 1.03. The molecule has 1 fully saturated rings. The zero-order valence-corrected chi connectivity index (χ0v) is 9.25. The van der Waals surface area contributed by atoms with Crippen LogP contribution in [0, 0.1) is 18.8 Å². The van der Waals surface area contributed by atoms with Crippen molar-refractivity contribution in [3.8, 4) is 5.75 Å². The molecule has 0 aromatic carbocycles. The second kappa shape index (κ2) is 3.86. The van der Waals surface area contributed by atoms with Crippen molar-refractivity contribution in [3.05, 3.63) is 27.8 Å². The fraction of sp³-hybridized carbons (Fsp3) is 0.455. The molecule has 1 N–H and O–H groups in total. The molecule has 0 saturated heterocycles. The van der Waals surface area contributed by atoms with Crippen molar-refractivity contribution in [3.63, 3.8) is 0 Å². The number of aryl methyl sites for hydroxylation is 1. The zero-order chi connectivity index (χ0) is 13.7. The van der Waals surface area contributed by atoms with Gasteiger partial charge < -0.3 is 9.52 Å². The van der Waals surface area contributed by atoms with Gasteiger partial charge in [-0.3, -0.25) is 4.79 Å². The average molecular weight is 262 g/mol. The number of carbonyl (C=O) groups is 1. The molecular formula is C11H9F3O4. The highest BCUT2D eigenvalue weighted by molar-refractivity contribution is 6.01. The number of Topliss-reactive ketones (excluding diaryl/α,β-unsaturated/α-hetero) is 1. The lowest BCUT2D eigenvalue weighted by Crippen LogP contribution is -2.20.